The van der Waals surface area contributed by atoms with Gasteiger partial charge in [0.25, 0.3) is 0 Å². The number of benzene rings is 1. The van der Waals surface area contributed by atoms with Crippen molar-refractivity contribution in [3.63, 3.8) is 0 Å². The van der Waals surface area contributed by atoms with Crippen molar-refractivity contribution in [2.24, 2.45) is 0 Å². The number of hydrogen-bond donors (Lipinski definition) is 2. The normalized spacial score (nSPS) is 10.8. The number of halogens is 1. The zero-order valence-corrected chi connectivity index (χ0v) is 11.4. The molecule has 0 atom stereocenters. The lowest BCUT2D eigenvalue weighted by molar-refractivity contribution is 0.300. The van der Waals surface area contributed by atoms with Gasteiger partial charge in [-0.05, 0) is 37.7 Å². The van der Waals surface area contributed by atoms with Crippen LogP contribution in [0, 0.1) is 0 Å². The molecule has 1 aromatic rings. The van der Waals surface area contributed by atoms with Crippen LogP contribution >= 0.6 is 11.6 Å². The third-order valence-electron chi connectivity index (χ3n) is 2.74. The molecule has 1 aromatic carbocycles. The van der Waals surface area contributed by atoms with E-state index in [0.29, 0.717) is 10.7 Å². The second kappa shape index (κ2) is 7.41. The van der Waals surface area contributed by atoms with Crippen molar-refractivity contribution >= 4 is 23.0 Å². The van der Waals surface area contributed by atoms with Crippen LogP contribution in [0.1, 0.15) is 20.3 Å². The first-order valence-electron chi connectivity index (χ1n) is 6.18. The van der Waals surface area contributed by atoms with Gasteiger partial charge in [-0.25, -0.2) is 0 Å². The highest BCUT2D eigenvalue weighted by molar-refractivity contribution is 6.31. The minimum absolute atomic E-state index is 0.675. The second-order valence-electron chi connectivity index (χ2n) is 4.09. The zero-order valence-electron chi connectivity index (χ0n) is 10.7. The van der Waals surface area contributed by atoms with E-state index < -0.39 is 0 Å². The third-order valence-corrected chi connectivity index (χ3v) is 2.98. The molecule has 0 unspecified atom stereocenters. The van der Waals surface area contributed by atoms with E-state index in [-0.39, 0.29) is 0 Å². The van der Waals surface area contributed by atoms with Crippen LogP contribution in [0.4, 0.5) is 11.4 Å². The molecule has 0 spiro atoms. The second-order valence-corrected chi connectivity index (χ2v) is 4.53. The van der Waals surface area contributed by atoms with Crippen molar-refractivity contribution in [1.29, 1.82) is 0 Å². The molecule has 0 radical (unpaired) electrons. The highest BCUT2D eigenvalue weighted by atomic mass is 35.5. The molecule has 3 nitrogen and oxygen atoms in total. The van der Waals surface area contributed by atoms with Crippen LogP contribution in [0.5, 0.6) is 0 Å². The van der Waals surface area contributed by atoms with E-state index >= 15 is 0 Å². The lowest BCUT2D eigenvalue weighted by Gasteiger charge is -2.20. The van der Waals surface area contributed by atoms with Crippen molar-refractivity contribution in [3.8, 4) is 0 Å². The molecule has 0 bridgehead atoms. The molecule has 96 valence electrons. The summed E-state index contributed by atoms with van der Waals surface area (Å²) in [6.45, 7) is 8.56. The Morgan fingerprint density at radius 1 is 1.29 bits per heavy atom. The lowest BCUT2D eigenvalue weighted by Crippen LogP contribution is -2.29. The summed E-state index contributed by atoms with van der Waals surface area (Å²) in [6, 6.07) is 5.55. The monoisotopic (exact) mass is 255 g/mol. The van der Waals surface area contributed by atoms with Gasteiger partial charge < -0.3 is 16.0 Å². The minimum Gasteiger partial charge on any atom is -0.397 e. The number of nitrogens with zero attached hydrogens (tertiary/aromatic N) is 1. The lowest BCUT2D eigenvalue weighted by atomic mass is 10.2. The number of hydrogen-bond acceptors (Lipinski definition) is 3. The molecule has 3 N–H and O–H groups in total. The van der Waals surface area contributed by atoms with Crippen molar-refractivity contribution in [3.05, 3.63) is 23.2 Å². The van der Waals surface area contributed by atoms with Gasteiger partial charge in [0.15, 0.2) is 0 Å². The van der Waals surface area contributed by atoms with Crippen LogP contribution in [0.2, 0.25) is 5.02 Å². The summed E-state index contributed by atoms with van der Waals surface area (Å²) in [5, 5.41) is 4.01. The number of nitrogens with one attached hydrogen (secondary N) is 1. The Bertz CT molecular complexity index is 341. The van der Waals surface area contributed by atoms with Crippen LogP contribution in [0.3, 0.4) is 0 Å². The average Bonchev–Trinajstić information content (AvgIpc) is 2.30. The number of nitrogen functional groups attached to an aromatic ring is 1. The summed E-state index contributed by atoms with van der Waals surface area (Å²) in [4.78, 5) is 2.42. The predicted octanol–water partition coefficient (Wildman–Crippen LogP) is 3.07. The van der Waals surface area contributed by atoms with E-state index in [4.69, 9.17) is 17.3 Å². The smallest absolute Gasteiger partial charge is 0.0575 e. The van der Waals surface area contributed by atoms with Crippen molar-refractivity contribution in [2.75, 3.05) is 37.2 Å². The molecule has 0 saturated carbocycles. The molecule has 0 fully saturated rings. The zero-order chi connectivity index (χ0) is 12.7. The van der Waals surface area contributed by atoms with Crippen LogP contribution in [0.25, 0.3) is 0 Å². The van der Waals surface area contributed by atoms with Gasteiger partial charge in [0.2, 0.25) is 0 Å². The van der Waals surface area contributed by atoms with E-state index in [1.165, 1.54) is 6.42 Å². The minimum atomic E-state index is 0.675. The summed E-state index contributed by atoms with van der Waals surface area (Å²) in [5.41, 5.74) is 7.53. The van der Waals surface area contributed by atoms with E-state index in [9.17, 15) is 0 Å². The number of nitrogens with two attached hydrogens (primary N) is 1. The molecule has 17 heavy (non-hydrogen) atoms. The Labute approximate surface area is 109 Å². The highest BCUT2D eigenvalue weighted by Crippen LogP contribution is 2.22. The maximum atomic E-state index is 5.87. The number of anilines is 2. The molecule has 0 aliphatic heterocycles. The van der Waals surface area contributed by atoms with Gasteiger partial charge in [-0.2, -0.15) is 0 Å². The molecule has 4 heteroatoms. The fourth-order valence-corrected chi connectivity index (χ4v) is 1.97. The quantitative estimate of drug-likeness (QED) is 0.736. The van der Waals surface area contributed by atoms with Gasteiger partial charge in [-0.3, -0.25) is 0 Å². The van der Waals surface area contributed by atoms with Crippen LogP contribution in [0.15, 0.2) is 18.2 Å². The predicted molar refractivity (Wildman–Crippen MR) is 76.8 cm³/mol. The van der Waals surface area contributed by atoms with E-state index in [1.807, 2.05) is 12.1 Å². The summed E-state index contributed by atoms with van der Waals surface area (Å²) >= 11 is 5.85. The maximum absolute atomic E-state index is 5.87. The third kappa shape index (κ3) is 4.84. The fraction of sp³-hybridized carbons (Fsp3) is 0.538. The first-order valence-corrected chi connectivity index (χ1v) is 6.56. The molecule has 0 aliphatic rings. The summed E-state index contributed by atoms with van der Waals surface area (Å²) < 4.78 is 0. The van der Waals surface area contributed by atoms with Gasteiger partial charge >= 0.3 is 0 Å². The SMILES string of the molecule is CCCN(CC)CCNc1ccc(Cl)cc1N. The first-order chi connectivity index (χ1) is 8.17. The first kappa shape index (κ1) is 14.1. The molecular weight excluding hydrogens is 234 g/mol. The molecule has 0 amide bonds. The van der Waals surface area contributed by atoms with Crippen molar-refractivity contribution in [2.45, 2.75) is 20.3 Å². The Morgan fingerprint density at radius 2 is 2.06 bits per heavy atom. The summed E-state index contributed by atoms with van der Waals surface area (Å²) in [7, 11) is 0. The molecule has 0 heterocycles. The van der Waals surface area contributed by atoms with Gasteiger partial charge in [-0.1, -0.05) is 25.4 Å². The van der Waals surface area contributed by atoms with E-state index in [2.05, 4.69) is 24.1 Å². The standard InChI is InChI=1S/C13H22ClN3/c1-3-8-17(4-2)9-7-16-13-6-5-11(14)10-12(13)15/h5-6,10,16H,3-4,7-9,15H2,1-2H3. The molecule has 1 rings (SSSR count). The molecule has 0 saturated heterocycles. The fourth-order valence-electron chi connectivity index (χ4n) is 1.79. The molecule has 0 aromatic heterocycles. The maximum Gasteiger partial charge on any atom is 0.0575 e. The van der Waals surface area contributed by atoms with Crippen LogP contribution in [-0.4, -0.2) is 31.1 Å². The number of likely N-dealkylation sites (N-methyl/N-ethyl adjacent to an activating group) is 1. The molecule has 0 aliphatic carbocycles. The van der Waals surface area contributed by atoms with Crippen molar-refractivity contribution < 1.29 is 0 Å². The van der Waals surface area contributed by atoms with Gasteiger partial charge in [-0.15, -0.1) is 0 Å². The van der Waals surface area contributed by atoms with E-state index in [1.54, 1.807) is 6.07 Å². The largest absolute Gasteiger partial charge is 0.397 e. The van der Waals surface area contributed by atoms with Crippen LogP contribution in [-0.2, 0) is 0 Å². The van der Waals surface area contributed by atoms with Gasteiger partial charge in [0.05, 0.1) is 11.4 Å². The van der Waals surface area contributed by atoms with Crippen LogP contribution < -0.4 is 11.1 Å². The average molecular weight is 256 g/mol. The van der Waals surface area contributed by atoms with Gasteiger partial charge in [0, 0.05) is 18.1 Å². The summed E-state index contributed by atoms with van der Waals surface area (Å²) in [6.07, 6.45) is 1.19. The highest BCUT2D eigenvalue weighted by Gasteiger charge is 2.02. The van der Waals surface area contributed by atoms with Gasteiger partial charge in [0.1, 0.15) is 0 Å². The summed E-state index contributed by atoms with van der Waals surface area (Å²) in [5.74, 6) is 0. The molecular formula is C13H22ClN3. The Morgan fingerprint density at radius 3 is 2.65 bits per heavy atom. The van der Waals surface area contributed by atoms with Crippen molar-refractivity contribution in [1.82, 2.24) is 4.90 Å². The Hall–Kier alpha value is -0.930. The number of rotatable bonds is 7. The Kier molecular flexibility index (Phi) is 6.16. The Balaban J connectivity index is 2.39. The van der Waals surface area contributed by atoms with E-state index in [0.717, 1.165) is 31.9 Å². The topological polar surface area (TPSA) is 41.3 Å².